The highest BCUT2D eigenvalue weighted by atomic mass is 16.5. The number of methoxy groups -OCH3 is 1. The second-order valence-corrected chi connectivity index (χ2v) is 7.02. The van der Waals surface area contributed by atoms with E-state index in [0.29, 0.717) is 17.0 Å². The molecule has 0 aliphatic rings. The molecule has 4 aromatic rings. The quantitative estimate of drug-likeness (QED) is 0.180. The first-order chi connectivity index (χ1) is 15.2. The first-order valence-electron chi connectivity index (χ1n) is 9.35. The molecule has 0 aliphatic carbocycles. The Morgan fingerprint density at radius 2 is 1.94 bits per heavy atom. The van der Waals surface area contributed by atoms with E-state index in [1.807, 2.05) is 0 Å². The average Bonchev–Trinajstić information content (AvgIpc) is 3.34. The van der Waals surface area contributed by atoms with Crippen molar-refractivity contribution in [2.24, 2.45) is 0 Å². The molecule has 3 aromatic heterocycles. The van der Waals surface area contributed by atoms with Gasteiger partial charge in [-0.15, -0.1) is 9.83 Å². The molecule has 0 bridgehead atoms. The van der Waals surface area contributed by atoms with Gasteiger partial charge in [0.2, 0.25) is 18.0 Å². The summed E-state index contributed by atoms with van der Waals surface area (Å²) in [5.74, 6) is -1.54. The van der Waals surface area contributed by atoms with E-state index in [9.17, 15) is 25.0 Å². The zero-order valence-corrected chi connectivity index (χ0v) is 17.2. The number of phenols is 1. The molecule has 0 saturated heterocycles. The molecular weight excluding hydrogens is 422 g/mol. The Morgan fingerprint density at radius 3 is 2.56 bits per heavy atom. The maximum Gasteiger partial charge on any atom is 0.376 e. The molecule has 3 heterocycles. The van der Waals surface area contributed by atoms with Gasteiger partial charge < -0.3 is 20.2 Å². The Labute approximate surface area is 179 Å². The molecule has 166 valence electrons. The molecule has 0 spiro atoms. The van der Waals surface area contributed by atoms with Crippen molar-refractivity contribution in [3.63, 3.8) is 0 Å². The maximum absolute atomic E-state index is 12.8. The highest BCUT2D eigenvalue weighted by Crippen LogP contribution is 2.37. The lowest BCUT2D eigenvalue weighted by Gasteiger charge is -2.18. The number of rotatable bonds is 5. The summed E-state index contributed by atoms with van der Waals surface area (Å²) in [7, 11) is 1.36. The third-order valence-corrected chi connectivity index (χ3v) is 5.28. The first kappa shape index (κ1) is 20.7. The van der Waals surface area contributed by atoms with Gasteiger partial charge in [0.1, 0.15) is 17.3 Å². The molecule has 0 saturated carbocycles. The van der Waals surface area contributed by atoms with Gasteiger partial charge >= 0.3 is 11.6 Å². The zero-order chi connectivity index (χ0) is 23.2. The first-order valence-corrected chi connectivity index (χ1v) is 9.35. The van der Waals surface area contributed by atoms with E-state index in [-0.39, 0.29) is 28.8 Å². The van der Waals surface area contributed by atoms with Crippen LogP contribution in [-0.2, 0) is 0 Å². The van der Waals surface area contributed by atoms with Crippen molar-refractivity contribution in [3.8, 4) is 23.3 Å². The van der Waals surface area contributed by atoms with E-state index >= 15 is 0 Å². The predicted molar refractivity (Wildman–Crippen MR) is 108 cm³/mol. The second kappa shape index (κ2) is 7.61. The highest BCUT2D eigenvalue weighted by Gasteiger charge is 2.37. The number of ether oxygens (including phenoxy) is 1. The van der Waals surface area contributed by atoms with Crippen LogP contribution in [-0.4, -0.2) is 52.4 Å². The molecular formula is C19H20N7O6+. The van der Waals surface area contributed by atoms with Gasteiger partial charge in [0.25, 0.3) is 5.56 Å². The minimum absolute atomic E-state index is 0.0948. The fourth-order valence-corrected chi connectivity index (χ4v) is 3.65. The largest absolute Gasteiger partial charge is 0.504 e. The van der Waals surface area contributed by atoms with Crippen molar-refractivity contribution in [1.29, 1.82) is 0 Å². The minimum Gasteiger partial charge on any atom is -0.504 e. The molecule has 1 unspecified atom stereocenters. The topological polar surface area (TPSA) is 186 Å². The number of nitrogens with zero attached hydrogens (tertiary/aromatic N) is 4. The van der Waals surface area contributed by atoms with Gasteiger partial charge in [0.15, 0.2) is 11.5 Å². The third-order valence-electron chi connectivity index (χ3n) is 5.28. The number of H-pyrrole nitrogens is 3. The summed E-state index contributed by atoms with van der Waals surface area (Å²) in [5, 5.41) is 38.1. The van der Waals surface area contributed by atoms with E-state index in [4.69, 9.17) is 4.74 Å². The van der Waals surface area contributed by atoms with Gasteiger partial charge in [-0.3, -0.25) is 14.8 Å². The normalized spacial score (nSPS) is 12.1. The van der Waals surface area contributed by atoms with E-state index in [1.54, 1.807) is 13.8 Å². The highest BCUT2D eigenvalue weighted by molar-refractivity contribution is 5.48. The van der Waals surface area contributed by atoms with Gasteiger partial charge in [-0.1, -0.05) is 11.1 Å². The van der Waals surface area contributed by atoms with Gasteiger partial charge in [0, 0.05) is 0 Å². The SMILES string of the molecule is COc1cc(C(c2c(O)[nH]c(=O)[nH]c2=O)c2n(O)c(C)c(C)[n+]2-c2ncn[nH]2)ccc1O. The predicted octanol–water partition coefficient (Wildman–Crippen LogP) is -0.286. The molecule has 13 nitrogen and oxygen atoms in total. The van der Waals surface area contributed by atoms with Crippen LogP contribution in [0.25, 0.3) is 5.95 Å². The summed E-state index contributed by atoms with van der Waals surface area (Å²) in [6, 6.07) is 4.29. The zero-order valence-electron chi connectivity index (χ0n) is 17.2. The van der Waals surface area contributed by atoms with Crippen LogP contribution in [0.4, 0.5) is 0 Å². The fraction of sp³-hybridized carbons (Fsp3) is 0.211. The molecule has 1 aromatic carbocycles. The number of hydrogen-bond acceptors (Lipinski definition) is 8. The number of aromatic hydroxyl groups is 2. The van der Waals surface area contributed by atoms with E-state index in [1.165, 1.54) is 36.2 Å². The molecule has 1 atom stereocenters. The van der Waals surface area contributed by atoms with Crippen LogP contribution in [0.15, 0.2) is 34.1 Å². The molecule has 32 heavy (non-hydrogen) atoms. The smallest absolute Gasteiger partial charge is 0.376 e. The summed E-state index contributed by atoms with van der Waals surface area (Å²) < 4.78 is 7.57. The summed E-state index contributed by atoms with van der Waals surface area (Å²) in [6.45, 7) is 3.37. The van der Waals surface area contributed by atoms with Crippen molar-refractivity contribution < 1.29 is 24.7 Å². The van der Waals surface area contributed by atoms with Gasteiger partial charge in [-0.05, 0) is 31.5 Å². The van der Waals surface area contributed by atoms with Gasteiger partial charge in [-0.25, -0.2) is 4.79 Å². The maximum atomic E-state index is 12.8. The molecule has 4 rings (SSSR count). The summed E-state index contributed by atoms with van der Waals surface area (Å²) >= 11 is 0. The summed E-state index contributed by atoms with van der Waals surface area (Å²) in [5.41, 5.74) is -0.674. The van der Waals surface area contributed by atoms with Crippen molar-refractivity contribution in [2.45, 2.75) is 19.8 Å². The number of benzene rings is 1. The van der Waals surface area contributed by atoms with E-state index in [2.05, 4.69) is 25.1 Å². The van der Waals surface area contributed by atoms with Crippen LogP contribution >= 0.6 is 0 Å². The van der Waals surface area contributed by atoms with Crippen molar-refractivity contribution in [3.05, 3.63) is 73.7 Å². The minimum atomic E-state index is -1.15. The van der Waals surface area contributed by atoms with Crippen molar-refractivity contribution in [2.75, 3.05) is 7.11 Å². The number of nitrogens with one attached hydrogen (secondary N) is 3. The number of phenolic OH excluding ortho intramolecular Hbond substituents is 1. The van der Waals surface area contributed by atoms with E-state index in [0.717, 1.165) is 4.73 Å². The summed E-state index contributed by atoms with van der Waals surface area (Å²) in [6.07, 6.45) is 1.28. The molecule has 0 aliphatic heterocycles. The molecule has 0 amide bonds. The Bertz CT molecular complexity index is 1420. The van der Waals surface area contributed by atoms with Gasteiger partial charge in [0.05, 0.1) is 12.7 Å². The Kier molecular flexibility index (Phi) is 4.92. The number of imidazole rings is 1. The molecule has 6 N–H and O–H groups in total. The lowest BCUT2D eigenvalue weighted by Crippen LogP contribution is -2.42. The third kappa shape index (κ3) is 3.15. The van der Waals surface area contributed by atoms with Crippen LogP contribution in [0.5, 0.6) is 17.4 Å². The van der Waals surface area contributed by atoms with Crippen LogP contribution < -0.4 is 20.6 Å². The lowest BCUT2D eigenvalue weighted by atomic mass is 9.91. The van der Waals surface area contributed by atoms with Crippen LogP contribution in [0.2, 0.25) is 0 Å². The molecule has 13 heteroatoms. The average molecular weight is 442 g/mol. The monoisotopic (exact) mass is 442 g/mol. The number of aromatic amines is 3. The second-order valence-electron chi connectivity index (χ2n) is 7.02. The molecule has 0 radical (unpaired) electrons. The van der Waals surface area contributed by atoms with E-state index < -0.39 is 23.0 Å². The Hall–Kier alpha value is -4.55. The lowest BCUT2D eigenvalue weighted by molar-refractivity contribution is -0.620. The molecule has 0 fully saturated rings. The van der Waals surface area contributed by atoms with Crippen LogP contribution in [0.3, 0.4) is 0 Å². The van der Waals surface area contributed by atoms with Crippen molar-refractivity contribution in [1.82, 2.24) is 29.9 Å². The van der Waals surface area contributed by atoms with Crippen LogP contribution in [0.1, 0.15) is 34.3 Å². The van der Waals surface area contributed by atoms with Crippen LogP contribution in [0, 0.1) is 13.8 Å². The number of hydrogen-bond donors (Lipinski definition) is 6. The Morgan fingerprint density at radius 1 is 1.19 bits per heavy atom. The number of aromatic nitrogens is 7. The summed E-state index contributed by atoms with van der Waals surface area (Å²) in [4.78, 5) is 32.9. The van der Waals surface area contributed by atoms with Gasteiger partial charge in [-0.2, -0.15) is 9.67 Å². The fourth-order valence-electron chi connectivity index (χ4n) is 3.65. The standard InChI is InChI=1S/C19H19N7O6/c1-8-9(2)26(31)17(25(8)18-20-7-21-24-18)13(10-4-5-11(27)12(6-10)32-3)14-15(28)22-19(30)23-16(14)29/h4-7,13H,1-3H3,(H5-,20,21,22,23,24,27,28,29,30,31)/p+1. The van der Waals surface area contributed by atoms with Crippen molar-refractivity contribution >= 4 is 0 Å². The Balaban J connectivity index is 2.13.